The zero-order chi connectivity index (χ0) is 16.9. The van der Waals surface area contributed by atoms with Gasteiger partial charge < -0.3 is 15.2 Å². The van der Waals surface area contributed by atoms with Crippen LogP contribution in [0.2, 0.25) is 0 Å². The van der Waals surface area contributed by atoms with Gasteiger partial charge in [-0.05, 0) is 18.2 Å². The van der Waals surface area contributed by atoms with E-state index < -0.39 is 17.9 Å². The van der Waals surface area contributed by atoms with E-state index in [1.165, 1.54) is 6.07 Å². The fourth-order valence-corrected chi connectivity index (χ4v) is 2.16. The number of hydrogen-bond acceptors (Lipinski definition) is 5. The van der Waals surface area contributed by atoms with Crippen molar-refractivity contribution in [3.63, 3.8) is 0 Å². The molecule has 0 aliphatic carbocycles. The van der Waals surface area contributed by atoms with Crippen LogP contribution in [-0.2, 0) is 0 Å². The van der Waals surface area contributed by atoms with Gasteiger partial charge >= 0.3 is 6.03 Å². The molecule has 0 radical (unpaired) electrons. The van der Waals surface area contributed by atoms with Crippen molar-refractivity contribution in [2.24, 2.45) is 0 Å². The molecule has 2 amide bonds. The fraction of sp³-hybridized carbons (Fsp3) is 0.125. The third-order valence-corrected chi connectivity index (χ3v) is 3.23. The third-order valence-electron chi connectivity index (χ3n) is 3.23. The minimum atomic E-state index is -0.884. The van der Waals surface area contributed by atoms with Gasteiger partial charge in [-0.15, -0.1) is 0 Å². The maximum Gasteiger partial charge on any atom is 0.320 e. The summed E-state index contributed by atoms with van der Waals surface area (Å²) in [6.07, 6.45) is 3.10. The molecule has 24 heavy (non-hydrogen) atoms. The summed E-state index contributed by atoms with van der Waals surface area (Å²) in [6, 6.07) is 7.94. The summed E-state index contributed by atoms with van der Waals surface area (Å²) >= 11 is 0. The zero-order valence-corrected chi connectivity index (χ0v) is 12.7. The van der Waals surface area contributed by atoms with Gasteiger partial charge in [-0.25, -0.2) is 9.18 Å². The lowest BCUT2D eigenvalue weighted by atomic mass is 10.1. The molecule has 0 aliphatic heterocycles. The van der Waals surface area contributed by atoms with Crippen molar-refractivity contribution >= 4 is 11.7 Å². The lowest BCUT2D eigenvalue weighted by molar-refractivity contribution is 0.249. The van der Waals surface area contributed by atoms with Gasteiger partial charge in [0.1, 0.15) is 11.9 Å². The number of pyridine rings is 1. The number of nitrogens with zero attached hydrogens (tertiary/aromatic N) is 3. The minimum Gasteiger partial charge on any atom is -0.340 e. The molecule has 2 aromatic heterocycles. The number of carbonyl (C=O) groups excluding carboxylic acids is 1. The van der Waals surface area contributed by atoms with Gasteiger partial charge in [0, 0.05) is 30.6 Å². The van der Waals surface area contributed by atoms with Gasteiger partial charge in [0.05, 0.1) is 0 Å². The Balaban J connectivity index is 1.85. The summed E-state index contributed by atoms with van der Waals surface area (Å²) < 4.78 is 19.1. The summed E-state index contributed by atoms with van der Waals surface area (Å²) in [5.74, 6) is 0.0133. The number of benzene rings is 1. The standard InChI is InChI=1S/C16H14FN5O2/c1-10-19-15(22-24-10)14(12-4-2-3-5-13(12)17)21-16(23)20-11-6-8-18-9-7-11/h2-9,14H,1H3,(H2,18,20,21,23). The first-order chi connectivity index (χ1) is 11.6. The van der Waals surface area contributed by atoms with Gasteiger partial charge in [0.15, 0.2) is 5.82 Å². The van der Waals surface area contributed by atoms with Crippen LogP contribution in [0.15, 0.2) is 53.3 Å². The Hall–Kier alpha value is -3.29. The van der Waals surface area contributed by atoms with E-state index in [9.17, 15) is 9.18 Å². The number of carbonyl (C=O) groups is 1. The molecule has 0 aliphatic rings. The minimum absolute atomic E-state index is 0.169. The van der Waals surface area contributed by atoms with Crippen LogP contribution in [-0.4, -0.2) is 21.2 Å². The Morgan fingerprint density at radius 3 is 2.62 bits per heavy atom. The maximum absolute atomic E-state index is 14.1. The van der Waals surface area contributed by atoms with Crippen LogP contribution in [0.5, 0.6) is 0 Å². The highest BCUT2D eigenvalue weighted by atomic mass is 19.1. The van der Waals surface area contributed by atoms with Gasteiger partial charge in [0.2, 0.25) is 5.89 Å². The third kappa shape index (κ3) is 3.54. The van der Waals surface area contributed by atoms with E-state index in [1.807, 2.05) is 0 Å². The van der Waals surface area contributed by atoms with E-state index in [4.69, 9.17) is 4.52 Å². The van der Waals surface area contributed by atoms with E-state index >= 15 is 0 Å². The van der Waals surface area contributed by atoms with Gasteiger partial charge in [-0.2, -0.15) is 4.98 Å². The van der Waals surface area contributed by atoms with Crippen LogP contribution in [0.3, 0.4) is 0 Å². The van der Waals surface area contributed by atoms with Crippen molar-refractivity contribution in [1.29, 1.82) is 0 Å². The van der Waals surface area contributed by atoms with E-state index in [0.29, 0.717) is 11.6 Å². The average Bonchev–Trinajstić information content (AvgIpc) is 3.01. The molecule has 7 nitrogen and oxygen atoms in total. The lowest BCUT2D eigenvalue weighted by Gasteiger charge is -2.17. The summed E-state index contributed by atoms with van der Waals surface area (Å²) in [6.45, 7) is 1.62. The average molecular weight is 327 g/mol. The second kappa shape index (κ2) is 6.86. The Kier molecular flexibility index (Phi) is 4.46. The summed E-state index contributed by atoms with van der Waals surface area (Å²) in [4.78, 5) is 20.2. The highest BCUT2D eigenvalue weighted by molar-refractivity contribution is 5.89. The normalized spacial score (nSPS) is 11.8. The van der Waals surface area contributed by atoms with E-state index in [-0.39, 0.29) is 11.4 Å². The van der Waals surface area contributed by atoms with Gasteiger partial charge in [-0.1, -0.05) is 23.4 Å². The van der Waals surface area contributed by atoms with Crippen LogP contribution in [0.1, 0.15) is 23.3 Å². The topological polar surface area (TPSA) is 92.9 Å². The number of urea groups is 1. The zero-order valence-electron chi connectivity index (χ0n) is 12.7. The van der Waals surface area contributed by atoms with Crippen molar-refractivity contribution in [3.8, 4) is 0 Å². The smallest absolute Gasteiger partial charge is 0.320 e. The number of halogens is 1. The highest BCUT2D eigenvalue weighted by Crippen LogP contribution is 2.22. The molecule has 2 N–H and O–H groups in total. The Morgan fingerprint density at radius 2 is 1.96 bits per heavy atom. The molecule has 1 aromatic carbocycles. The SMILES string of the molecule is Cc1nc(C(NC(=O)Nc2ccncc2)c2ccccc2F)no1. The summed E-state index contributed by atoms with van der Waals surface area (Å²) in [5.41, 5.74) is 0.794. The van der Waals surface area contributed by atoms with E-state index in [0.717, 1.165) is 0 Å². The number of nitrogens with one attached hydrogen (secondary N) is 2. The molecule has 0 bridgehead atoms. The first kappa shape index (κ1) is 15.6. The molecule has 1 atom stereocenters. The van der Waals surface area contributed by atoms with Crippen molar-refractivity contribution < 1.29 is 13.7 Å². The van der Waals surface area contributed by atoms with Gasteiger partial charge in [-0.3, -0.25) is 4.98 Å². The molecule has 1 unspecified atom stereocenters. The summed E-state index contributed by atoms with van der Waals surface area (Å²) in [7, 11) is 0. The molecule has 0 saturated heterocycles. The molecule has 3 aromatic rings. The van der Waals surface area contributed by atoms with Gasteiger partial charge in [0.25, 0.3) is 0 Å². The monoisotopic (exact) mass is 327 g/mol. The molecular weight excluding hydrogens is 313 g/mol. The summed E-state index contributed by atoms with van der Waals surface area (Å²) in [5, 5.41) is 9.08. The van der Waals surface area contributed by atoms with Crippen LogP contribution >= 0.6 is 0 Å². The lowest BCUT2D eigenvalue weighted by Crippen LogP contribution is -2.34. The number of rotatable bonds is 4. The van der Waals surface area contributed by atoms with E-state index in [1.54, 1.807) is 49.6 Å². The second-order valence-electron chi connectivity index (χ2n) is 4.96. The van der Waals surface area contributed by atoms with Crippen molar-refractivity contribution in [1.82, 2.24) is 20.4 Å². The van der Waals surface area contributed by atoms with Crippen LogP contribution in [0.4, 0.5) is 14.9 Å². The molecule has 0 fully saturated rings. The van der Waals surface area contributed by atoms with Crippen LogP contribution in [0, 0.1) is 12.7 Å². The number of amides is 2. The fourth-order valence-electron chi connectivity index (χ4n) is 2.16. The van der Waals surface area contributed by atoms with Crippen molar-refractivity contribution in [2.75, 3.05) is 5.32 Å². The molecule has 2 heterocycles. The molecule has 3 rings (SSSR count). The molecule has 0 spiro atoms. The van der Waals surface area contributed by atoms with Crippen molar-refractivity contribution in [2.45, 2.75) is 13.0 Å². The molecular formula is C16H14FN5O2. The largest absolute Gasteiger partial charge is 0.340 e. The Bertz CT molecular complexity index is 837. The predicted octanol–water partition coefficient (Wildman–Crippen LogP) is 2.82. The van der Waals surface area contributed by atoms with Crippen molar-refractivity contribution in [3.05, 3.63) is 71.9 Å². The predicted molar refractivity (Wildman–Crippen MR) is 83.7 cm³/mol. The number of aromatic nitrogens is 3. The van der Waals surface area contributed by atoms with E-state index in [2.05, 4.69) is 25.8 Å². The first-order valence-corrected chi connectivity index (χ1v) is 7.15. The number of hydrogen-bond donors (Lipinski definition) is 2. The highest BCUT2D eigenvalue weighted by Gasteiger charge is 2.24. The maximum atomic E-state index is 14.1. The second-order valence-corrected chi connectivity index (χ2v) is 4.96. The Morgan fingerprint density at radius 1 is 1.21 bits per heavy atom. The first-order valence-electron chi connectivity index (χ1n) is 7.15. The number of aryl methyl sites for hydroxylation is 1. The number of anilines is 1. The Labute approximate surface area is 136 Å². The van der Waals surface area contributed by atoms with Crippen LogP contribution in [0.25, 0.3) is 0 Å². The van der Waals surface area contributed by atoms with Crippen LogP contribution < -0.4 is 10.6 Å². The quantitative estimate of drug-likeness (QED) is 0.768. The molecule has 0 saturated carbocycles. The molecule has 122 valence electrons. The molecule has 8 heteroatoms.